The van der Waals surface area contributed by atoms with E-state index in [4.69, 9.17) is 0 Å². The predicted octanol–water partition coefficient (Wildman–Crippen LogP) is 3.56. The second-order valence-corrected chi connectivity index (χ2v) is 4.92. The minimum absolute atomic E-state index is 0.0338. The largest absolute Gasteiger partial charge is 0.272 e. The van der Waals surface area contributed by atoms with Gasteiger partial charge in [-0.05, 0) is 11.8 Å². The minimum Gasteiger partial charge on any atom is -0.258 e. The number of nitrogens with zero attached hydrogens (tertiary/aromatic N) is 1. The molecule has 82 valence electrons. The lowest BCUT2D eigenvalue weighted by Crippen LogP contribution is -2.17. The third-order valence-corrected chi connectivity index (χ3v) is 3.74. The number of alkyl halides is 1. The van der Waals surface area contributed by atoms with Crippen LogP contribution in [0.1, 0.15) is 19.4 Å². The van der Waals surface area contributed by atoms with Crippen LogP contribution in [-0.2, 0) is 6.42 Å². The maximum Gasteiger partial charge on any atom is 0.272 e. The number of halogens is 1. The Hall–Kier alpha value is -0.900. The molecule has 1 aromatic rings. The molecular formula is C11H14BrNO2. The highest BCUT2D eigenvalue weighted by molar-refractivity contribution is 9.09. The molecule has 0 aliphatic rings. The monoisotopic (exact) mass is 271 g/mol. The topological polar surface area (TPSA) is 43.1 Å². The highest BCUT2D eigenvalue weighted by Crippen LogP contribution is 2.28. The van der Waals surface area contributed by atoms with E-state index in [0.29, 0.717) is 6.42 Å². The second kappa shape index (κ2) is 4.75. The van der Waals surface area contributed by atoms with E-state index in [9.17, 15) is 10.1 Å². The van der Waals surface area contributed by atoms with Gasteiger partial charge in [0, 0.05) is 17.0 Å². The quantitative estimate of drug-likeness (QED) is 0.478. The summed E-state index contributed by atoms with van der Waals surface area (Å²) in [5, 5.41) is 11.6. The molecule has 1 aromatic carbocycles. The third-order valence-electron chi connectivity index (χ3n) is 2.22. The Bertz CT molecular complexity index is 363. The van der Waals surface area contributed by atoms with Crippen molar-refractivity contribution in [3.8, 4) is 0 Å². The van der Waals surface area contributed by atoms with Crippen molar-refractivity contribution in [2.75, 3.05) is 5.33 Å². The number of hydrogen-bond donors (Lipinski definition) is 0. The van der Waals surface area contributed by atoms with Crippen LogP contribution >= 0.6 is 15.9 Å². The molecule has 0 aromatic heterocycles. The molecule has 3 nitrogen and oxygen atoms in total. The highest BCUT2D eigenvalue weighted by atomic mass is 79.9. The van der Waals surface area contributed by atoms with Gasteiger partial charge in [-0.3, -0.25) is 10.1 Å². The number of para-hydroxylation sites is 1. The fourth-order valence-electron chi connectivity index (χ4n) is 1.40. The van der Waals surface area contributed by atoms with Crippen LogP contribution in [0.5, 0.6) is 0 Å². The summed E-state index contributed by atoms with van der Waals surface area (Å²) in [6.07, 6.45) is 0.704. The molecular weight excluding hydrogens is 258 g/mol. The molecule has 0 N–H and O–H groups in total. The van der Waals surface area contributed by atoms with E-state index in [1.807, 2.05) is 12.1 Å². The summed E-state index contributed by atoms with van der Waals surface area (Å²) >= 11 is 3.42. The van der Waals surface area contributed by atoms with Gasteiger partial charge in [-0.1, -0.05) is 48.0 Å². The van der Waals surface area contributed by atoms with Crippen molar-refractivity contribution in [1.82, 2.24) is 0 Å². The van der Waals surface area contributed by atoms with Gasteiger partial charge in [0.05, 0.1) is 4.92 Å². The molecule has 0 unspecified atom stereocenters. The van der Waals surface area contributed by atoms with Crippen molar-refractivity contribution in [1.29, 1.82) is 0 Å². The third kappa shape index (κ3) is 3.30. The van der Waals surface area contributed by atoms with Crippen LogP contribution in [0, 0.1) is 15.5 Å². The molecule has 0 radical (unpaired) electrons. The molecule has 0 saturated heterocycles. The summed E-state index contributed by atoms with van der Waals surface area (Å²) in [7, 11) is 0. The lowest BCUT2D eigenvalue weighted by atomic mass is 9.87. The van der Waals surface area contributed by atoms with Crippen LogP contribution in [0.25, 0.3) is 0 Å². The van der Waals surface area contributed by atoms with Crippen LogP contribution in [-0.4, -0.2) is 10.3 Å². The first-order valence-electron chi connectivity index (χ1n) is 4.74. The van der Waals surface area contributed by atoms with E-state index in [1.54, 1.807) is 12.1 Å². The average Bonchev–Trinajstić information content (AvgIpc) is 2.18. The van der Waals surface area contributed by atoms with Crippen LogP contribution in [0.4, 0.5) is 5.69 Å². The zero-order chi connectivity index (χ0) is 11.5. The summed E-state index contributed by atoms with van der Waals surface area (Å²) < 4.78 is 0. The fraction of sp³-hybridized carbons (Fsp3) is 0.455. The maximum absolute atomic E-state index is 10.8. The molecule has 0 atom stereocenters. The van der Waals surface area contributed by atoms with Gasteiger partial charge >= 0.3 is 0 Å². The first-order valence-corrected chi connectivity index (χ1v) is 5.87. The molecule has 0 aliphatic heterocycles. The Morgan fingerprint density at radius 1 is 1.40 bits per heavy atom. The van der Waals surface area contributed by atoms with Crippen molar-refractivity contribution >= 4 is 21.6 Å². The SMILES string of the molecule is CC(C)(CBr)Cc1ccccc1[N+](=O)[O-]. The predicted molar refractivity (Wildman–Crippen MR) is 64.4 cm³/mol. The Kier molecular flexibility index (Phi) is 3.85. The minimum atomic E-state index is -0.320. The van der Waals surface area contributed by atoms with Crippen LogP contribution < -0.4 is 0 Å². The molecule has 0 amide bonds. The summed E-state index contributed by atoms with van der Waals surface area (Å²) in [4.78, 5) is 10.5. The van der Waals surface area contributed by atoms with Gasteiger partial charge in [-0.15, -0.1) is 0 Å². The first-order chi connectivity index (χ1) is 6.96. The maximum atomic E-state index is 10.8. The van der Waals surface area contributed by atoms with Gasteiger partial charge in [0.25, 0.3) is 5.69 Å². The number of rotatable bonds is 4. The van der Waals surface area contributed by atoms with Crippen molar-refractivity contribution in [3.05, 3.63) is 39.9 Å². The fourth-order valence-corrected chi connectivity index (χ4v) is 1.60. The molecule has 0 spiro atoms. The van der Waals surface area contributed by atoms with Crippen molar-refractivity contribution in [3.63, 3.8) is 0 Å². The van der Waals surface area contributed by atoms with E-state index in [2.05, 4.69) is 29.8 Å². The van der Waals surface area contributed by atoms with E-state index >= 15 is 0 Å². The van der Waals surface area contributed by atoms with Gasteiger partial charge in [0.15, 0.2) is 0 Å². The van der Waals surface area contributed by atoms with Gasteiger partial charge in [-0.2, -0.15) is 0 Å². The lowest BCUT2D eigenvalue weighted by Gasteiger charge is -2.21. The summed E-state index contributed by atoms with van der Waals surface area (Å²) in [6, 6.07) is 6.91. The zero-order valence-corrected chi connectivity index (χ0v) is 10.5. The molecule has 4 heteroatoms. The molecule has 0 aliphatic carbocycles. The standard InChI is InChI=1S/C11H14BrNO2/c1-11(2,8-12)7-9-5-3-4-6-10(9)13(14)15/h3-6H,7-8H2,1-2H3. The molecule has 1 rings (SSSR count). The van der Waals surface area contributed by atoms with Gasteiger partial charge in [0.2, 0.25) is 0 Å². The highest BCUT2D eigenvalue weighted by Gasteiger charge is 2.22. The van der Waals surface area contributed by atoms with E-state index in [-0.39, 0.29) is 16.0 Å². The van der Waals surface area contributed by atoms with E-state index in [0.717, 1.165) is 10.9 Å². The van der Waals surface area contributed by atoms with Crippen LogP contribution in [0.15, 0.2) is 24.3 Å². The van der Waals surface area contributed by atoms with E-state index in [1.165, 1.54) is 0 Å². The van der Waals surface area contributed by atoms with Gasteiger partial charge in [0.1, 0.15) is 0 Å². The van der Waals surface area contributed by atoms with Gasteiger partial charge < -0.3 is 0 Å². The lowest BCUT2D eigenvalue weighted by molar-refractivity contribution is -0.385. The molecule has 0 fully saturated rings. The normalized spacial score (nSPS) is 11.4. The molecule has 15 heavy (non-hydrogen) atoms. The summed E-state index contributed by atoms with van der Waals surface area (Å²) in [5.41, 5.74) is 1.05. The molecule has 0 saturated carbocycles. The van der Waals surface area contributed by atoms with Crippen LogP contribution in [0.3, 0.4) is 0 Å². The number of hydrogen-bond acceptors (Lipinski definition) is 2. The Morgan fingerprint density at radius 2 is 2.00 bits per heavy atom. The number of nitro benzene ring substituents is 1. The zero-order valence-electron chi connectivity index (χ0n) is 8.87. The number of nitro groups is 1. The van der Waals surface area contributed by atoms with Crippen LogP contribution in [0.2, 0.25) is 0 Å². The Morgan fingerprint density at radius 3 is 2.53 bits per heavy atom. The Balaban J connectivity index is 2.99. The first kappa shape index (κ1) is 12.2. The molecule has 0 bridgehead atoms. The summed E-state index contributed by atoms with van der Waals surface area (Å²) in [6.45, 7) is 4.16. The van der Waals surface area contributed by atoms with Crippen molar-refractivity contribution in [2.24, 2.45) is 5.41 Å². The Labute approximate surface area is 97.8 Å². The van der Waals surface area contributed by atoms with Crippen molar-refractivity contribution < 1.29 is 4.92 Å². The van der Waals surface area contributed by atoms with Crippen molar-refractivity contribution in [2.45, 2.75) is 20.3 Å². The van der Waals surface area contributed by atoms with E-state index < -0.39 is 0 Å². The summed E-state index contributed by atoms with van der Waals surface area (Å²) in [5.74, 6) is 0. The smallest absolute Gasteiger partial charge is 0.258 e. The van der Waals surface area contributed by atoms with Gasteiger partial charge in [-0.25, -0.2) is 0 Å². The number of benzene rings is 1. The average molecular weight is 272 g/mol. The molecule has 0 heterocycles. The second-order valence-electron chi connectivity index (χ2n) is 4.36.